The fourth-order valence-corrected chi connectivity index (χ4v) is 2.87. The molecule has 1 aliphatic heterocycles. The number of ether oxygens (including phenoxy) is 1. The van der Waals surface area contributed by atoms with Crippen molar-refractivity contribution in [3.05, 3.63) is 36.2 Å². The van der Waals surface area contributed by atoms with Crippen LogP contribution in [-0.2, 0) is 4.79 Å². The van der Waals surface area contributed by atoms with Crippen LogP contribution in [0.2, 0.25) is 0 Å². The van der Waals surface area contributed by atoms with Crippen molar-refractivity contribution in [1.82, 2.24) is 14.5 Å². The minimum atomic E-state index is -0.144. The van der Waals surface area contributed by atoms with E-state index in [0.29, 0.717) is 0 Å². The molecule has 0 aliphatic carbocycles. The van der Waals surface area contributed by atoms with Gasteiger partial charge in [-0.15, -0.1) is 0 Å². The summed E-state index contributed by atoms with van der Waals surface area (Å²) in [5.74, 6) is 1.84. The van der Waals surface area contributed by atoms with Crippen LogP contribution in [0.3, 0.4) is 0 Å². The first-order valence-corrected chi connectivity index (χ1v) is 7.04. The lowest BCUT2D eigenvalue weighted by Crippen LogP contribution is -2.24. The predicted molar refractivity (Wildman–Crippen MR) is 80.2 cm³/mol. The number of likely N-dealkylation sites (N-methyl/N-ethyl adjacent to an activating group) is 1. The van der Waals surface area contributed by atoms with Crippen molar-refractivity contribution in [3.8, 4) is 17.1 Å². The molecule has 1 saturated heterocycles. The summed E-state index contributed by atoms with van der Waals surface area (Å²) >= 11 is 0. The molecular formula is C16H19N3O2. The van der Waals surface area contributed by atoms with Gasteiger partial charge in [-0.2, -0.15) is 0 Å². The van der Waals surface area contributed by atoms with Gasteiger partial charge in [0, 0.05) is 31.5 Å². The van der Waals surface area contributed by atoms with Crippen LogP contribution in [0.15, 0.2) is 30.6 Å². The van der Waals surface area contributed by atoms with Crippen LogP contribution in [0, 0.1) is 6.92 Å². The first-order chi connectivity index (χ1) is 10.1. The molecule has 2 heterocycles. The summed E-state index contributed by atoms with van der Waals surface area (Å²) in [6, 6.07) is 5.82. The molecule has 110 valence electrons. The van der Waals surface area contributed by atoms with E-state index in [0.717, 1.165) is 35.7 Å². The van der Waals surface area contributed by atoms with Gasteiger partial charge in [0.25, 0.3) is 0 Å². The van der Waals surface area contributed by atoms with Gasteiger partial charge < -0.3 is 14.2 Å². The second kappa shape index (κ2) is 5.24. The average Bonchev–Trinajstić information content (AvgIpc) is 3.07. The standard InChI is InChI=1S/C16H19N3O2/c1-11-10-12(4-5-14(11)21-3)15-17-7-9-19(15)13-6-8-18(2)16(13)20/h4-5,7,9-10,13H,6,8H2,1-3H3. The summed E-state index contributed by atoms with van der Waals surface area (Å²) in [4.78, 5) is 18.4. The Morgan fingerprint density at radius 1 is 1.38 bits per heavy atom. The number of rotatable bonds is 3. The fourth-order valence-electron chi connectivity index (χ4n) is 2.87. The van der Waals surface area contributed by atoms with Crippen molar-refractivity contribution in [3.63, 3.8) is 0 Å². The number of methoxy groups -OCH3 is 1. The van der Waals surface area contributed by atoms with Gasteiger partial charge in [0.05, 0.1) is 7.11 Å². The zero-order valence-corrected chi connectivity index (χ0v) is 12.5. The predicted octanol–water partition coefficient (Wildman–Crippen LogP) is 2.27. The van der Waals surface area contributed by atoms with Crippen molar-refractivity contribution in [2.45, 2.75) is 19.4 Å². The van der Waals surface area contributed by atoms with Gasteiger partial charge >= 0.3 is 0 Å². The van der Waals surface area contributed by atoms with Crippen molar-refractivity contribution >= 4 is 5.91 Å². The maximum absolute atomic E-state index is 12.2. The zero-order chi connectivity index (χ0) is 15.0. The minimum absolute atomic E-state index is 0.144. The quantitative estimate of drug-likeness (QED) is 0.869. The number of carbonyl (C=O) groups is 1. The van der Waals surface area contributed by atoms with Crippen LogP contribution in [0.25, 0.3) is 11.4 Å². The molecule has 3 rings (SSSR count). The molecule has 1 fully saturated rings. The Morgan fingerprint density at radius 2 is 2.19 bits per heavy atom. The molecule has 1 atom stereocenters. The molecule has 0 spiro atoms. The smallest absolute Gasteiger partial charge is 0.245 e. The van der Waals surface area contributed by atoms with Crippen LogP contribution in [0.1, 0.15) is 18.0 Å². The number of amides is 1. The molecule has 1 aromatic carbocycles. The number of aromatic nitrogens is 2. The summed E-state index contributed by atoms with van der Waals surface area (Å²) in [7, 11) is 3.51. The lowest BCUT2D eigenvalue weighted by molar-refractivity contribution is -0.129. The lowest BCUT2D eigenvalue weighted by atomic mass is 10.1. The molecular weight excluding hydrogens is 266 g/mol. The largest absolute Gasteiger partial charge is 0.496 e. The average molecular weight is 285 g/mol. The highest BCUT2D eigenvalue weighted by atomic mass is 16.5. The molecule has 5 heteroatoms. The van der Waals surface area contributed by atoms with E-state index in [2.05, 4.69) is 4.98 Å². The zero-order valence-electron chi connectivity index (χ0n) is 12.5. The Labute approximate surface area is 124 Å². The lowest BCUT2D eigenvalue weighted by Gasteiger charge is -2.15. The molecule has 0 N–H and O–H groups in total. The van der Waals surface area contributed by atoms with E-state index in [1.54, 1.807) is 18.2 Å². The van der Waals surface area contributed by atoms with E-state index in [1.165, 1.54) is 0 Å². The number of carbonyl (C=O) groups excluding carboxylic acids is 1. The van der Waals surface area contributed by atoms with E-state index in [9.17, 15) is 4.79 Å². The second-order valence-electron chi connectivity index (χ2n) is 5.41. The van der Waals surface area contributed by atoms with E-state index in [4.69, 9.17) is 4.74 Å². The fraction of sp³-hybridized carbons (Fsp3) is 0.375. The molecule has 5 nitrogen and oxygen atoms in total. The molecule has 2 aromatic rings. The summed E-state index contributed by atoms with van der Waals surface area (Å²) in [6.45, 7) is 2.80. The highest BCUT2D eigenvalue weighted by molar-refractivity contribution is 5.83. The van der Waals surface area contributed by atoms with Crippen molar-refractivity contribution < 1.29 is 9.53 Å². The Balaban J connectivity index is 1.99. The number of benzene rings is 1. The Hall–Kier alpha value is -2.30. The van der Waals surface area contributed by atoms with Gasteiger partial charge in [-0.05, 0) is 37.1 Å². The molecule has 1 amide bonds. The molecule has 1 unspecified atom stereocenters. The molecule has 1 aliphatic rings. The monoisotopic (exact) mass is 285 g/mol. The van der Waals surface area contributed by atoms with Crippen molar-refractivity contribution in [2.75, 3.05) is 20.7 Å². The van der Waals surface area contributed by atoms with E-state index < -0.39 is 0 Å². The van der Waals surface area contributed by atoms with Crippen molar-refractivity contribution in [1.29, 1.82) is 0 Å². The second-order valence-corrected chi connectivity index (χ2v) is 5.41. The van der Waals surface area contributed by atoms with E-state index in [-0.39, 0.29) is 11.9 Å². The highest BCUT2D eigenvalue weighted by Crippen LogP contribution is 2.30. The molecule has 0 bridgehead atoms. The third-order valence-corrected chi connectivity index (χ3v) is 4.06. The van der Waals surface area contributed by atoms with Gasteiger partial charge in [0.1, 0.15) is 17.6 Å². The van der Waals surface area contributed by atoms with E-state index in [1.807, 2.05) is 42.9 Å². The summed E-state index contributed by atoms with van der Waals surface area (Å²) < 4.78 is 7.27. The number of nitrogens with zero attached hydrogens (tertiary/aromatic N) is 3. The van der Waals surface area contributed by atoms with Crippen LogP contribution >= 0.6 is 0 Å². The minimum Gasteiger partial charge on any atom is -0.496 e. The van der Waals surface area contributed by atoms with Crippen LogP contribution in [0.5, 0.6) is 5.75 Å². The first kappa shape index (κ1) is 13.7. The SMILES string of the molecule is COc1ccc(-c2nccn2C2CCN(C)C2=O)cc1C. The number of imidazole rings is 1. The van der Waals surface area contributed by atoms with E-state index >= 15 is 0 Å². The van der Waals surface area contributed by atoms with Gasteiger partial charge in [0.2, 0.25) is 5.91 Å². The molecule has 1 aromatic heterocycles. The topological polar surface area (TPSA) is 47.4 Å². The number of aryl methyl sites for hydroxylation is 1. The first-order valence-electron chi connectivity index (χ1n) is 7.04. The van der Waals surface area contributed by atoms with Gasteiger partial charge in [-0.1, -0.05) is 0 Å². The highest BCUT2D eigenvalue weighted by Gasteiger charge is 2.31. The summed E-state index contributed by atoms with van der Waals surface area (Å²) in [6.07, 6.45) is 4.46. The third-order valence-electron chi connectivity index (χ3n) is 4.06. The van der Waals surface area contributed by atoms with Crippen molar-refractivity contribution in [2.24, 2.45) is 0 Å². The van der Waals surface area contributed by atoms with Crippen LogP contribution in [0.4, 0.5) is 0 Å². The summed E-state index contributed by atoms with van der Waals surface area (Å²) in [5, 5.41) is 0. The Kier molecular flexibility index (Phi) is 3.41. The van der Waals surface area contributed by atoms with Crippen LogP contribution < -0.4 is 4.74 Å². The number of hydrogen-bond acceptors (Lipinski definition) is 3. The number of hydrogen-bond donors (Lipinski definition) is 0. The summed E-state index contributed by atoms with van der Waals surface area (Å²) in [5.41, 5.74) is 2.06. The Bertz CT molecular complexity index is 678. The maximum Gasteiger partial charge on any atom is 0.245 e. The van der Waals surface area contributed by atoms with Gasteiger partial charge in [-0.3, -0.25) is 4.79 Å². The maximum atomic E-state index is 12.2. The Morgan fingerprint density at radius 3 is 2.81 bits per heavy atom. The number of likely N-dealkylation sites (tertiary alicyclic amines) is 1. The molecule has 0 radical (unpaired) electrons. The normalized spacial score (nSPS) is 18.3. The molecule has 21 heavy (non-hydrogen) atoms. The van der Waals surface area contributed by atoms with Gasteiger partial charge in [0.15, 0.2) is 0 Å². The molecule has 0 saturated carbocycles. The van der Waals surface area contributed by atoms with Gasteiger partial charge in [-0.25, -0.2) is 4.98 Å². The third kappa shape index (κ3) is 2.28. The van der Waals surface area contributed by atoms with Crippen LogP contribution in [-0.4, -0.2) is 41.1 Å².